The molecule has 45 heavy (non-hydrogen) atoms. The Bertz CT molecular complexity index is 2490. The molecule has 9 aromatic rings. The third-order valence-electron chi connectivity index (χ3n) is 8.47. The van der Waals surface area contributed by atoms with Crippen LogP contribution in [-0.4, -0.2) is 4.98 Å². The molecule has 7 aromatic carbocycles. The molecule has 0 saturated carbocycles. The van der Waals surface area contributed by atoms with Gasteiger partial charge in [0.1, 0.15) is 16.7 Å². The second-order valence-electron chi connectivity index (χ2n) is 11.2. The van der Waals surface area contributed by atoms with E-state index in [0.29, 0.717) is 5.89 Å². The maximum atomic E-state index is 6.44. The largest absolute Gasteiger partial charge is 0.456 e. The zero-order valence-electron chi connectivity index (χ0n) is 24.2. The van der Waals surface area contributed by atoms with Gasteiger partial charge in [0.05, 0.1) is 11.1 Å². The fraction of sp³-hybridized carbons (Fsp3) is 0. The number of aromatic nitrogens is 1. The first-order valence-corrected chi connectivity index (χ1v) is 15.0. The highest BCUT2D eigenvalue weighted by Gasteiger charge is 2.21. The van der Waals surface area contributed by atoms with Gasteiger partial charge in [-0.25, -0.2) is 4.98 Å². The summed E-state index contributed by atoms with van der Waals surface area (Å²) in [5.74, 6) is 0.596. The van der Waals surface area contributed by atoms with Crippen LogP contribution in [0, 0.1) is 0 Å². The van der Waals surface area contributed by atoms with Crippen LogP contribution in [0.15, 0.2) is 167 Å². The third-order valence-corrected chi connectivity index (χ3v) is 8.47. The average Bonchev–Trinajstić information content (AvgIpc) is 3.71. The molecule has 0 saturated heterocycles. The summed E-state index contributed by atoms with van der Waals surface area (Å²) < 4.78 is 12.8. The van der Waals surface area contributed by atoms with Gasteiger partial charge in [-0.15, -0.1) is 0 Å². The second kappa shape index (κ2) is 10.2. The van der Waals surface area contributed by atoms with Crippen molar-refractivity contribution in [3.05, 3.63) is 158 Å². The lowest BCUT2D eigenvalue weighted by atomic mass is 10.0. The van der Waals surface area contributed by atoms with Crippen molar-refractivity contribution in [3.8, 4) is 22.6 Å². The van der Waals surface area contributed by atoms with E-state index in [9.17, 15) is 0 Å². The molecule has 0 aliphatic heterocycles. The summed E-state index contributed by atoms with van der Waals surface area (Å²) in [7, 11) is 0. The predicted molar refractivity (Wildman–Crippen MR) is 184 cm³/mol. The number of hydrogen-bond donors (Lipinski definition) is 0. The highest BCUT2D eigenvalue weighted by atomic mass is 16.4. The van der Waals surface area contributed by atoms with Gasteiger partial charge < -0.3 is 13.7 Å². The van der Waals surface area contributed by atoms with Crippen molar-refractivity contribution in [1.29, 1.82) is 0 Å². The fourth-order valence-electron chi connectivity index (χ4n) is 6.35. The van der Waals surface area contributed by atoms with Crippen molar-refractivity contribution < 1.29 is 8.83 Å². The van der Waals surface area contributed by atoms with Crippen LogP contribution in [0.25, 0.3) is 66.4 Å². The average molecular weight is 579 g/mol. The lowest BCUT2D eigenvalue weighted by molar-refractivity contribution is 0.622. The van der Waals surface area contributed by atoms with Gasteiger partial charge in [0.2, 0.25) is 5.89 Å². The molecule has 9 rings (SSSR count). The number of rotatable bonds is 5. The van der Waals surface area contributed by atoms with Gasteiger partial charge in [-0.1, -0.05) is 97.1 Å². The van der Waals surface area contributed by atoms with E-state index in [0.717, 1.165) is 66.8 Å². The number of fused-ring (bicyclic) bond motifs is 6. The molecule has 212 valence electrons. The van der Waals surface area contributed by atoms with E-state index in [1.807, 2.05) is 42.5 Å². The molecular weight excluding hydrogens is 552 g/mol. The molecule has 0 N–H and O–H groups in total. The monoisotopic (exact) mass is 578 g/mol. The Balaban J connectivity index is 1.29. The number of anilines is 3. The smallest absolute Gasteiger partial charge is 0.227 e. The Morgan fingerprint density at radius 3 is 2.00 bits per heavy atom. The van der Waals surface area contributed by atoms with E-state index in [4.69, 9.17) is 13.8 Å². The molecule has 0 fully saturated rings. The molecule has 0 aliphatic carbocycles. The zero-order valence-corrected chi connectivity index (χ0v) is 24.2. The Morgan fingerprint density at radius 2 is 1.16 bits per heavy atom. The van der Waals surface area contributed by atoms with Crippen LogP contribution in [0.5, 0.6) is 0 Å². The first-order chi connectivity index (χ1) is 22.3. The Kier molecular flexibility index (Phi) is 5.78. The SMILES string of the molecule is c1ccc(-c2nc3ccc4oc5ccc(N(c6ccc7ccccc7c6)c6ccccc6-c6ccccc6)cc5c4c3o2)cc1. The van der Waals surface area contributed by atoms with E-state index in [-0.39, 0.29) is 0 Å². The molecule has 0 radical (unpaired) electrons. The molecule has 2 heterocycles. The molecule has 0 aliphatic rings. The van der Waals surface area contributed by atoms with Gasteiger partial charge in [0, 0.05) is 27.9 Å². The fourth-order valence-corrected chi connectivity index (χ4v) is 6.35. The van der Waals surface area contributed by atoms with E-state index < -0.39 is 0 Å². The van der Waals surface area contributed by atoms with Gasteiger partial charge in [0.25, 0.3) is 0 Å². The third kappa shape index (κ3) is 4.27. The van der Waals surface area contributed by atoms with E-state index >= 15 is 0 Å². The molecule has 0 unspecified atom stereocenters. The number of benzene rings is 7. The van der Waals surface area contributed by atoms with Gasteiger partial charge in [-0.05, 0) is 77.0 Å². The summed E-state index contributed by atoms with van der Waals surface area (Å²) in [5, 5.41) is 4.29. The van der Waals surface area contributed by atoms with Crippen molar-refractivity contribution in [1.82, 2.24) is 4.98 Å². The summed E-state index contributed by atoms with van der Waals surface area (Å²) in [6.07, 6.45) is 0. The van der Waals surface area contributed by atoms with Crippen LogP contribution in [0.3, 0.4) is 0 Å². The lowest BCUT2D eigenvalue weighted by Gasteiger charge is -2.28. The predicted octanol–water partition coefficient (Wildman–Crippen LogP) is 11.7. The number of nitrogens with zero attached hydrogens (tertiary/aromatic N) is 2. The standard InChI is InChI=1S/C41H26N2O2/c1-3-12-28(13-4-1)33-17-9-10-18-36(33)43(31-20-19-27-11-7-8-16-30(27)25-31)32-21-23-37-34(26-32)39-38(44-37)24-22-35-40(39)45-41(42-35)29-14-5-2-6-15-29/h1-26H. The van der Waals surface area contributed by atoms with Gasteiger partial charge in [0.15, 0.2) is 5.58 Å². The quantitative estimate of drug-likeness (QED) is 0.204. The van der Waals surface area contributed by atoms with Crippen LogP contribution in [0.1, 0.15) is 0 Å². The van der Waals surface area contributed by atoms with E-state index in [2.05, 4.69) is 120 Å². The molecule has 0 amide bonds. The number of furan rings is 1. The topological polar surface area (TPSA) is 42.4 Å². The van der Waals surface area contributed by atoms with Crippen molar-refractivity contribution in [3.63, 3.8) is 0 Å². The van der Waals surface area contributed by atoms with Crippen LogP contribution in [-0.2, 0) is 0 Å². The van der Waals surface area contributed by atoms with E-state index in [1.54, 1.807) is 0 Å². The van der Waals surface area contributed by atoms with Crippen LogP contribution in [0.4, 0.5) is 17.1 Å². The zero-order chi connectivity index (χ0) is 29.7. The summed E-state index contributed by atoms with van der Waals surface area (Å²) in [4.78, 5) is 7.16. The van der Waals surface area contributed by atoms with Crippen molar-refractivity contribution in [2.24, 2.45) is 0 Å². The number of oxazole rings is 1. The Labute approximate surface area is 259 Å². The highest BCUT2D eigenvalue weighted by Crippen LogP contribution is 2.44. The number of hydrogen-bond acceptors (Lipinski definition) is 4. The Hall–Kier alpha value is -6.13. The minimum absolute atomic E-state index is 0.596. The Morgan fingerprint density at radius 1 is 0.489 bits per heavy atom. The molecule has 4 nitrogen and oxygen atoms in total. The van der Waals surface area contributed by atoms with Crippen LogP contribution in [0.2, 0.25) is 0 Å². The molecule has 0 spiro atoms. The van der Waals surface area contributed by atoms with Crippen LogP contribution >= 0.6 is 0 Å². The molecule has 0 bridgehead atoms. The molecule has 2 aromatic heterocycles. The van der Waals surface area contributed by atoms with Gasteiger partial charge in [-0.2, -0.15) is 0 Å². The molecule has 0 atom stereocenters. The van der Waals surface area contributed by atoms with E-state index in [1.165, 1.54) is 10.8 Å². The highest BCUT2D eigenvalue weighted by molar-refractivity contribution is 6.17. The first-order valence-electron chi connectivity index (χ1n) is 15.0. The van der Waals surface area contributed by atoms with Crippen molar-refractivity contribution in [2.75, 3.05) is 4.90 Å². The summed E-state index contributed by atoms with van der Waals surface area (Å²) in [5.41, 5.74) is 9.52. The number of para-hydroxylation sites is 1. The van der Waals surface area contributed by atoms with Crippen LogP contribution < -0.4 is 4.90 Å². The molecule has 4 heteroatoms. The maximum Gasteiger partial charge on any atom is 0.227 e. The minimum Gasteiger partial charge on any atom is -0.456 e. The normalized spacial score (nSPS) is 11.6. The van der Waals surface area contributed by atoms with Gasteiger partial charge in [-0.3, -0.25) is 0 Å². The maximum absolute atomic E-state index is 6.44. The molecular formula is C41H26N2O2. The second-order valence-corrected chi connectivity index (χ2v) is 11.2. The van der Waals surface area contributed by atoms with Crippen molar-refractivity contribution in [2.45, 2.75) is 0 Å². The summed E-state index contributed by atoms with van der Waals surface area (Å²) in [6.45, 7) is 0. The first kappa shape index (κ1) is 25.4. The van der Waals surface area contributed by atoms with Crippen molar-refractivity contribution >= 4 is 60.9 Å². The lowest BCUT2D eigenvalue weighted by Crippen LogP contribution is -2.11. The summed E-state index contributed by atoms with van der Waals surface area (Å²) >= 11 is 0. The minimum atomic E-state index is 0.596. The summed E-state index contributed by atoms with van der Waals surface area (Å²) in [6, 6.07) is 54.6. The van der Waals surface area contributed by atoms with Gasteiger partial charge >= 0.3 is 0 Å².